The number of halogens is 1. The van der Waals surface area contributed by atoms with E-state index in [9.17, 15) is 0 Å². The second kappa shape index (κ2) is 5.88. The fraction of sp³-hybridized carbons (Fsp3) is 0.556. The number of fused-ring (bicyclic) bond motifs is 6. The van der Waals surface area contributed by atoms with Crippen molar-refractivity contribution >= 4 is 23.2 Å². The number of nitrogens with one attached hydrogen (secondary N) is 1. The molecule has 5 heterocycles. The average Bonchev–Trinajstić information content (AvgIpc) is 3.35. The van der Waals surface area contributed by atoms with Crippen LogP contribution in [0.4, 0.5) is 0 Å². The first-order valence-electron chi connectivity index (χ1n) is 8.95. The van der Waals surface area contributed by atoms with Crippen LogP contribution in [-0.2, 0) is 11.3 Å². The van der Waals surface area contributed by atoms with Gasteiger partial charge in [0.25, 0.3) is 0 Å². The first kappa shape index (κ1) is 15.5. The Labute approximate surface area is 151 Å². The van der Waals surface area contributed by atoms with Gasteiger partial charge in [-0.25, -0.2) is 4.98 Å². The Hall–Kier alpha value is -1.79. The number of guanidine groups is 1. The summed E-state index contributed by atoms with van der Waals surface area (Å²) in [7, 11) is 1.85. The second-order valence-electron chi connectivity index (χ2n) is 7.27. The molecule has 132 valence electrons. The molecule has 0 saturated carbocycles. The summed E-state index contributed by atoms with van der Waals surface area (Å²) in [6.07, 6.45) is 7.29. The van der Waals surface area contributed by atoms with Gasteiger partial charge < -0.3 is 19.4 Å². The van der Waals surface area contributed by atoms with Crippen molar-refractivity contribution in [2.45, 2.75) is 31.6 Å². The highest BCUT2D eigenvalue weighted by atomic mass is 35.5. The van der Waals surface area contributed by atoms with Gasteiger partial charge in [0, 0.05) is 44.4 Å². The van der Waals surface area contributed by atoms with Crippen molar-refractivity contribution in [3.05, 3.63) is 35.2 Å². The number of ether oxygens (including phenoxy) is 1. The van der Waals surface area contributed by atoms with Gasteiger partial charge in [0.1, 0.15) is 5.65 Å². The summed E-state index contributed by atoms with van der Waals surface area (Å²) in [4.78, 5) is 11.5. The zero-order chi connectivity index (χ0) is 17.0. The third-order valence-corrected chi connectivity index (χ3v) is 6.08. The van der Waals surface area contributed by atoms with Crippen LogP contribution in [0.3, 0.4) is 0 Å². The minimum Gasteiger partial charge on any atom is -0.374 e. The van der Waals surface area contributed by atoms with Crippen LogP contribution in [0.5, 0.6) is 0 Å². The maximum Gasteiger partial charge on any atom is 0.193 e. The van der Waals surface area contributed by atoms with Crippen LogP contribution in [0.25, 0.3) is 5.65 Å². The average molecular weight is 360 g/mol. The molecule has 0 amide bonds. The zero-order valence-electron chi connectivity index (χ0n) is 14.2. The Kier molecular flexibility index (Phi) is 3.64. The Balaban J connectivity index is 1.26. The number of aromatic nitrogens is 2. The molecule has 2 aromatic rings. The third-order valence-electron chi connectivity index (χ3n) is 5.86. The van der Waals surface area contributed by atoms with Crippen molar-refractivity contribution < 1.29 is 4.74 Å². The highest BCUT2D eigenvalue weighted by Crippen LogP contribution is 2.47. The fourth-order valence-electron chi connectivity index (χ4n) is 4.74. The lowest BCUT2D eigenvalue weighted by Gasteiger charge is -2.23. The molecule has 2 bridgehead atoms. The molecule has 7 heteroatoms. The van der Waals surface area contributed by atoms with E-state index in [0.29, 0.717) is 35.6 Å². The SMILES string of the molecule is CN=C(NCc1cn2cc(Cl)ccc2n1)N1CC2C3CCC(O3)C2C1. The summed E-state index contributed by atoms with van der Waals surface area (Å²) in [6.45, 7) is 2.75. The first-order valence-corrected chi connectivity index (χ1v) is 9.33. The molecule has 3 aliphatic heterocycles. The van der Waals surface area contributed by atoms with E-state index in [-0.39, 0.29) is 0 Å². The standard InChI is InChI=1S/C18H22ClN5O/c1-20-18(24-9-13-14(10-24)16-4-3-15(13)25-16)21-6-12-8-23-7-11(19)2-5-17(23)22-12/h2,5,7-8,13-16H,3-4,6,9-10H2,1H3,(H,20,21). The number of imidazole rings is 1. The number of nitrogens with zero attached hydrogens (tertiary/aromatic N) is 4. The minimum atomic E-state index is 0.473. The van der Waals surface area contributed by atoms with Crippen LogP contribution in [-0.4, -0.2) is 52.6 Å². The van der Waals surface area contributed by atoms with Crippen LogP contribution in [0.1, 0.15) is 18.5 Å². The highest BCUT2D eigenvalue weighted by molar-refractivity contribution is 6.30. The van der Waals surface area contributed by atoms with Gasteiger partial charge >= 0.3 is 0 Å². The van der Waals surface area contributed by atoms with Crippen molar-refractivity contribution in [3.63, 3.8) is 0 Å². The number of likely N-dealkylation sites (tertiary alicyclic amines) is 1. The predicted octanol–water partition coefficient (Wildman–Crippen LogP) is 2.17. The molecule has 3 aliphatic rings. The number of hydrogen-bond donors (Lipinski definition) is 1. The van der Waals surface area contributed by atoms with E-state index in [4.69, 9.17) is 16.3 Å². The molecule has 3 fully saturated rings. The summed E-state index contributed by atoms with van der Waals surface area (Å²) in [5, 5.41) is 4.18. The van der Waals surface area contributed by atoms with E-state index in [0.717, 1.165) is 30.4 Å². The quantitative estimate of drug-likeness (QED) is 0.659. The van der Waals surface area contributed by atoms with Crippen LogP contribution in [0.15, 0.2) is 29.5 Å². The second-order valence-corrected chi connectivity index (χ2v) is 7.71. The molecule has 25 heavy (non-hydrogen) atoms. The molecule has 0 spiro atoms. The smallest absolute Gasteiger partial charge is 0.193 e. The van der Waals surface area contributed by atoms with Crippen LogP contribution in [0.2, 0.25) is 5.02 Å². The monoisotopic (exact) mass is 359 g/mol. The van der Waals surface area contributed by atoms with Gasteiger partial charge in [0.05, 0.1) is 29.5 Å². The lowest BCUT2D eigenvalue weighted by Crippen LogP contribution is -2.41. The van der Waals surface area contributed by atoms with Crippen molar-refractivity contribution in [1.29, 1.82) is 0 Å². The summed E-state index contributed by atoms with van der Waals surface area (Å²) < 4.78 is 8.02. The molecule has 0 radical (unpaired) electrons. The summed E-state index contributed by atoms with van der Waals surface area (Å²) in [5.74, 6) is 2.31. The topological polar surface area (TPSA) is 54.2 Å². The summed E-state index contributed by atoms with van der Waals surface area (Å²) in [5.41, 5.74) is 1.88. The number of pyridine rings is 1. The van der Waals surface area contributed by atoms with Crippen molar-refractivity contribution in [1.82, 2.24) is 19.6 Å². The summed E-state index contributed by atoms with van der Waals surface area (Å²) >= 11 is 6.04. The Morgan fingerprint density at radius 2 is 2.04 bits per heavy atom. The lowest BCUT2D eigenvalue weighted by molar-refractivity contribution is 0.0767. The molecule has 4 atom stereocenters. The van der Waals surface area contributed by atoms with E-state index in [1.165, 1.54) is 12.8 Å². The largest absolute Gasteiger partial charge is 0.374 e. The minimum absolute atomic E-state index is 0.473. The van der Waals surface area contributed by atoms with Gasteiger partial charge in [-0.1, -0.05) is 11.6 Å². The molecule has 2 aromatic heterocycles. The number of hydrogen-bond acceptors (Lipinski definition) is 3. The Morgan fingerprint density at radius 1 is 1.28 bits per heavy atom. The van der Waals surface area contributed by atoms with E-state index in [1.807, 2.05) is 36.0 Å². The summed E-state index contributed by atoms with van der Waals surface area (Å²) in [6, 6.07) is 3.79. The van der Waals surface area contributed by atoms with E-state index in [1.54, 1.807) is 0 Å². The zero-order valence-corrected chi connectivity index (χ0v) is 15.0. The van der Waals surface area contributed by atoms with Gasteiger partial charge in [-0.2, -0.15) is 0 Å². The maximum atomic E-state index is 6.06. The Bertz CT molecular complexity index is 816. The molecule has 1 N–H and O–H groups in total. The molecule has 6 nitrogen and oxygen atoms in total. The predicted molar refractivity (Wildman–Crippen MR) is 96.8 cm³/mol. The lowest BCUT2D eigenvalue weighted by atomic mass is 9.82. The van der Waals surface area contributed by atoms with Crippen molar-refractivity contribution in [2.24, 2.45) is 16.8 Å². The van der Waals surface area contributed by atoms with Gasteiger partial charge in [0.15, 0.2) is 5.96 Å². The highest BCUT2D eigenvalue weighted by Gasteiger charge is 2.53. The number of aliphatic imine (C=N–C) groups is 1. The molecule has 0 aromatic carbocycles. The molecule has 0 aliphatic carbocycles. The third kappa shape index (κ3) is 2.59. The fourth-order valence-corrected chi connectivity index (χ4v) is 4.91. The molecular weight excluding hydrogens is 338 g/mol. The molecule has 5 rings (SSSR count). The van der Waals surface area contributed by atoms with Crippen LogP contribution >= 0.6 is 11.6 Å². The first-order chi connectivity index (χ1) is 12.2. The van der Waals surface area contributed by atoms with Gasteiger partial charge in [0.2, 0.25) is 0 Å². The van der Waals surface area contributed by atoms with Gasteiger partial charge in [-0.05, 0) is 25.0 Å². The van der Waals surface area contributed by atoms with Crippen LogP contribution in [0, 0.1) is 11.8 Å². The van der Waals surface area contributed by atoms with Crippen LogP contribution < -0.4 is 5.32 Å². The normalized spacial score (nSPS) is 31.1. The molecule has 3 saturated heterocycles. The van der Waals surface area contributed by atoms with Gasteiger partial charge in [-0.3, -0.25) is 4.99 Å². The van der Waals surface area contributed by atoms with E-state index >= 15 is 0 Å². The van der Waals surface area contributed by atoms with Crippen molar-refractivity contribution in [3.8, 4) is 0 Å². The van der Waals surface area contributed by atoms with Gasteiger partial charge in [-0.15, -0.1) is 0 Å². The Morgan fingerprint density at radius 3 is 2.76 bits per heavy atom. The molecular formula is C18H22ClN5O. The molecule has 4 unspecified atom stereocenters. The van der Waals surface area contributed by atoms with Crippen molar-refractivity contribution in [2.75, 3.05) is 20.1 Å². The number of rotatable bonds is 2. The van der Waals surface area contributed by atoms with E-state index < -0.39 is 0 Å². The van der Waals surface area contributed by atoms with E-state index in [2.05, 4.69) is 20.2 Å². The maximum absolute atomic E-state index is 6.06.